The van der Waals surface area contributed by atoms with Crippen LogP contribution >= 0.6 is 0 Å². The maximum absolute atomic E-state index is 12.4. The number of nitrogens with one attached hydrogen (secondary N) is 1. The molecule has 2 aliphatic heterocycles. The number of hydrogen-bond acceptors (Lipinski definition) is 6. The molecule has 2 saturated heterocycles. The zero-order valence-electron chi connectivity index (χ0n) is 16.4. The number of nitrogens with zero attached hydrogens (tertiary/aromatic N) is 2. The molecule has 0 bridgehead atoms. The van der Waals surface area contributed by atoms with Gasteiger partial charge in [-0.1, -0.05) is 0 Å². The Balaban J connectivity index is 1.36. The molecule has 4 rings (SSSR count). The Bertz CT molecular complexity index is 799. The van der Waals surface area contributed by atoms with Crippen molar-refractivity contribution < 1.29 is 14.3 Å². The normalized spacial score (nSPS) is 19.0. The van der Waals surface area contributed by atoms with Gasteiger partial charge in [-0.05, 0) is 55.6 Å². The fourth-order valence-electron chi connectivity index (χ4n) is 3.84. The van der Waals surface area contributed by atoms with Gasteiger partial charge in [-0.15, -0.1) is 0 Å². The van der Waals surface area contributed by atoms with Crippen LogP contribution in [0.3, 0.4) is 0 Å². The Hall–Kier alpha value is -2.02. The summed E-state index contributed by atoms with van der Waals surface area (Å²) in [6.45, 7) is 6.20. The molecule has 28 heavy (non-hydrogen) atoms. The maximum Gasteiger partial charge on any atom is 0.140 e. The van der Waals surface area contributed by atoms with Crippen molar-refractivity contribution in [2.45, 2.75) is 31.8 Å². The molecule has 0 saturated carbocycles. The monoisotopic (exact) mass is 383 g/mol. The van der Waals surface area contributed by atoms with E-state index >= 15 is 0 Å². The first-order valence-corrected chi connectivity index (χ1v) is 10.3. The Morgan fingerprint density at radius 1 is 1.18 bits per heavy atom. The lowest BCUT2D eigenvalue weighted by molar-refractivity contribution is -0.119. The van der Waals surface area contributed by atoms with E-state index < -0.39 is 0 Å². The maximum atomic E-state index is 12.4. The van der Waals surface area contributed by atoms with Crippen LogP contribution in [-0.2, 0) is 16.0 Å². The highest BCUT2D eigenvalue weighted by Gasteiger charge is 2.15. The standard InChI is InChI=1S/C22H29N3O3/c26-20(5-8-25-9-11-27-12-10-25)15-19-13-18-14-22(2-1-17(18)16-24-19)28-21-3-6-23-7-4-21/h1-2,13-14,16,21,23H,3-12,15H2. The van der Waals surface area contributed by atoms with Crippen LogP contribution in [0.15, 0.2) is 30.5 Å². The first-order valence-electron chi connectivity index (χ1n) is 10.3. The minimum absolute atomic E-state index is 0.237. The summed E-state index contributed by atoms with van der Waals surface area (Å²) in [5.74, 6) is 1.13. The number of carbonyl (C=O) groups is 1. The van der Waals surface area contributed by atoms with Crippen LogP contribution in [0.25, 0.3) is 10.8 Å². The van der Waals surface area contributed by atoms with E-state index in [0.717, 1.165) is 81.0 Å². The van der Waals surface area contributed by atoms with Gasteiger partial charge in [0, 0.05) is 49.8 Å². The van der Waals surface area contributed by atoms with Crippen LogP contribution < -0.4 is 10.1 Å². The van der Waals surface area contributed by atoms with Crippen molar-refractivity contribution in [3.05, 3.63) is 36.2 Å². The Kier molecular flexibility index (Phi) is 6.52. The van der Waals surface area contributed by atoms with Gasteiger partial charge in [0.25, 0.3) is 0 Å². The molecule has 0 radical (unpaired) electrons. The molecular weight excluding hydrogens is 354 g/mol. The first-order chi connectivity index (χ1) is 13.8. The molecule has 6 nitrogen and oxygen atoms in total. The summed E-state index contributed by atoms with van der Waals surface area (Å²) in [5, 5.41) is 5.51. The Labute approximate surface area is 166 Å². The summed E-state index contributed by atoms with van der Waals surface area (Å²) < 4.78 is 11.5. The SMILES string of the molecule is O=C(CCN1CCOCC1)Cc1cc2cc(OC3CCNCC3)ccc2cn1. The minimum Gasteiger partial charge on any atom is -0.490 e. The average Bonchev–Trinajstić information content (AvgIpc) is 2.73. The molecule has 3 heterocycles. The number of piperidine rings is 1. The van der Waals surface area contributed by atoms with Gasteiger partial charge in [-0.2, -0.15) is 0 Å². The van der Waals surface area contributed by atoms with E-state index in [2.05, 4.69) is 21.3 Å². The highest BCUT2D eigenvalue weighted by atomic mass is 16.5. The molecule has 2 fully saturated rings. The van der Waals surface area contributed by atoms with E-state index in [0.29, 0.717) is 12.8 Å². The van der Waals surface area contributed by atoms with Crippen molar-refractivity contribution in [3.63, 3.8) is 0 Å². The van der Waals surface area contributed by atoms with Gasteiger partial charge < -0.3 is 14.8 Å². The quantitative estimate of drug-likeness (QED) is 0.791. The molecule has 2 aliphatic rings. The van der Waals surface area contributed by atoms with E-state index in [-0.39, 0.29) is 11.9 Å². The summed E-state index contributed by atoms with van der Waals surface area (Å²) in [4.78, 5) is 19.2. The second-order valence-corrected chi connectivity index (χ2v) is 7.67. The van der Waals surface area contributed by atoms with E-state index in [4.69, 9.17) is 9.47 Å². The van der Waals surface area contributed by atoms with Gasteiger partial charge in [-0.25, -0.2) is 0 Å². The summed E-state index contributed by atoms with van der Waals surface area (Å²) in [7, 11) is 0. The Morgan fingerprint density at radius 3 is 2.82 bits per heavy atom. The number of Topliss-reactive ketones (excluding diaryl/α,β-unsaturated/α-hetero) is 1. The van der Waals surface area contributed by atoms with E-state index in [1.54, 1.807) is 0 Å². The van der Waals surface area contributed by atoms with Gasteiger partial charge in [0.2, 0.25) is 0 Å². The molecule has 0 unspecified atom stereocenters. The predicted molar refractivity (Wildman–Crippen MR) is 109 cm³/mol. The Morgan fingerprint density at radius 2 is 2.00 bits per heavy atom. The molecular formula is C22H29N3O3. The average molecular weight is 383 g/mol. The molecule has 0 amide bonds. The van der Waals surface area contributed by atoms with Gasteiger partial charge >= 0.3 is 0 Å². The summed E-state index contributed by atoms with van der Waals surface area (Å²) in [6.07, 6.45) is 5.17. The number of morpholine rings is 1. The molecule has 0 atom stereocenters. The second kappa shape index (κ2) is 9.45. The molecule has 1 aromatic carbocycles. The molecule has 6 heteroatoms. The number of fused-ring (bicyclic) bond motifs is 1. The van der Waals surface area contributed by atoms with Crippen molar-refractivity contribution >= 4 is 16.6 Å². The van der Waals surface area contributed by atoms with Crippen molar-refractivity contribution in [2.24, 2.45) is 0 Å². The van der Waals surface area contributed by atoms with Crippen molar-refractivity contribution in [1.82, 2.24) is 15.2 Å². The number of ether oxygens (including phenoxy) is 2. The summed E-state index contributed by atoms with van der Waals surface area (Å²) in [5.41, 5.74) is 0.832. The smallest absolute Gasteiger partial charge is 0.140 e. The van der Waals surface area contributed by atoms with Crippen LogP contribution in [-0.4, -0.2) is 67.7 Å². The lowest BCUT2D eigenvalue weighted by atomic mass is 10.1. The highest BCUT2D eigenvalue weighted by molar-refractivity contribution is 5.85. The molecule has 150 valence electrons. The first kappa shape index (κ1) is 19.3. The topological polar surface area (TPSA) is 63.7 Å². The molecule has 0 spiro atoms. The number of hydrogen-bond donors (Lipinski definition) is 1. The molecule has 2 aromatic rings. The molecule has 1 aromatic heterocycles. The fraction of sp³-hybridized carbons (Fsp3) is 0.545. The van der Waals surface area contributed by atoms with Crippen LogP contribution in [0.5, 0.6) is 5.75 Å². The number of carbonyl (C=O) groups excluding carboxylic acids is 1. The number of ketones is 1. The third kappa shape index (κ3) is 5.28. The van der Waals surface area contributed by atoms with Crippen LogP contribution in [0, 0.1) is 0 Å². The lowest BCUT2D eigenvalue weighted by Gasteiger charge is -2.26. The zero-order chi connectivity index (χ0) is 19.2. The van der Waals surface area contributed by atoms with Crippen LogP contribution in [0.2, 0.25) is 0 Å². The predicted octanol–water partition coefficient (Wildman–Crippen LogP) is 2.20. The number of pyridine rings is 1. The third-order valence-electron chi connectivity index (χ3n) is 5.53. The van der Waals surface area contributed by atoms with Crippen molar-refractivity contribution in [2.75, 3.05) is 45.9 Å². The summed E-state index contributed by atoms with van der Waals surface area (Å²) in [6, 6.07) is 8.15. The van der Waals surface area contributed by atoms with E-state index in [9.17, 15) is 4.79 Å². The van der Waals surface area contributed by atoms with Crippen LogP contribution in [0.4, 0.5) is 0 Å². The largest absolute Gasteiger partial charge is 0.490 e. The fourth-order valence-corrected chi connectivity index (χ4v) is 3.84. The molecule has 0 aliphatic carbocycles. The third-order valence-corrected chi connectivity index (χ3v) is 5.53. The van der Waals surface area contributed by atoms with Gasteiger partial charge in [0.1, 0.15) is 17.6 Å². The van der Waals surface area contributed by atoms with Crippen molar-refractivity contribution in [1.29, 1.82) is 0 Å². The summed E-state index contributed by atoms with van der Waals surface area (Å²) >= 11 is 0. The van der Waals surface area contributed by atoms with Gasteiger partial charge in [-0.3, -0.25) is 14.7 Å². The lowest BCUT2D eigenvalue weighted by Crippen LogP contribution is -2.37. The van der Waals surface area contributed by atoms with Crippen LogP contribution in [0.1, 0.15) is 25.0 Å². The minimum atomic E-state index is 0.237. The number of benzene rings is 1. The van der Waals surface area contributed by atoms with Gasteiger partial charge in [0.05, 0.1) is 13.2 Å². The zero-order valence-corrected chi connectivity index (χ0v) is 16.4. The highest BCUT2D eigenvalue weighted by Crippen LogP contribution is 2.23. The van der Waals surface area contributed by atoms with E-state index in [1.165, 1.54) is 0 Å². The second-order valence-electron chi connectivity index (χ2n) is 7.67. The van der Waals surface area contributed by atoms with E-state index in [1.807, 2.05) is 24.4 Å². The number of aromatic nitrogens is 1. The van der Waals surface area contributed by atoms with Crippen molar-refractivity contribution in [3.8, 4) is 5.75 Å². The number of rotatable bonds is 7. The molecule has 1 N–H and O–H groups in total. The van der Waals surface area contributed by atoms with Gasteiger partial charge in [0.15, 0.2) is 0 Å².